The molecule has 0 atom stereocenters. The highest BCUT2D eigenvalue weighted by molar-refractivity contribution is 6.03. The van der Waals surface area contributed by atoms with Crippen molar-refractivity contribution in [3.05, 3.63) is 59.2 Å². The number of benzene rings is 2. The minimum absolute atomic E-state index is 0.0240. The minimum atomic E-state index is -1.33. The minimum Gasteiger partial charge on any atom is -0.478 e. The summed E-state index contributed by atoms with van der Waals surface area (Å²) in [5, 5.41) is 18.4. The molecule has 2 rings (SSSR count). The van der Waals surface area contributed by atoms with Gasteiger partial charge in [-0.2, -0.15) is 0 Å². The molecule has 0 saturated heterocycles. The molecule has 2 N–H and O–H groups in total. The molecule has 0 spiro atoms. The van der Waals surface area contributed by atoms with Gasteiger partial charge in [0.05, 0.1) is 5.56 Å². The Hall–Kier alpha value is -2.82. The first-order chi connectivity index (χ1) is 10.5. The van der Waals surface area contributed by atoms with Crippen LogP contribution in [0.5, 0.6) is 11.5 Å². The molecule has 22 heavy (non-hydrogen) atoms. The lowest BCUT2D eigenvalue weighted by Gasteiger charge is -2.13. The zero-order valence-electron chi connectivity index (χ0n) is 12.1. The van der Waals surface area contributed by atoms with E-state index in [1.54, 1.807) is 12.1 Å². The third-order valence-corrected chi connectivity index (χ3v) is 3.18. The van der Waals surface area contributed by atoms with Gasteiger partial charge in [0.1, 0.15) is 17.1 Å². The molecule has 0 radical (unpaired) electrons. The summed E-state index contributed by atoms with van der Waals surface area (Å²) in [4.78, 5) is 22.6. The highest BCUT2D eigenvalue weighted by atomic mass is 16.5. The van der Waals surface area contributed by atoms with Crippen molar-refractivity contribution in [2.45, 2.75) is 19.8 Å². The second kappa shape index (κ2) is 6.76. The summed E-state index contributed by atoms with van der Waals surface area (Å²) in [5.74, 6) is -2.07. The number of aromatic carboxylic acids is 2. The highest BCUT2D eigenvalue weighted by Crippen LogP contribution is 2.30. The number of rotatable bonds is 6. The van der Waals surface area contributed by atoms with Crippen LogP contribution in [0.1, 0.15) is 39.6 Å². The number of carbonyl (C=O) groups is 2. The molecule has 0 saturated carbocycles. The molecule has 0 unspecified atom stereocenters. The molecule has 0 aliphatic carbocycles. The second-order valence-electron chi connectivity index (χ2n) is 4.75. The molecule has 0 amide bonds. The molecule has 0 fully saturated rings. The summed E-state index contributed by atoms with van der Waals surface area (Å²) < 4.78 is 5.70. The van der Waals surface area contributed by atoms with Crippen molar-refractivity contribution in [3.63, 3.8) is 0 Å². The molecule has 2 aromatic rings. The van der Waals surface area contributed by atoms with Gasteiger partial charge < -0.3 is 14.9 Å². The van der Waals surface area contributed by atoms with Crippen LogP contribution in [0.2, 0.25) is 0 Å². The van der Waals surface area contributed by atoms with Crippen LogP contribution in [0, 0.1) is 0 Å². The third-order valence-electron chi connectivity index (χ3n) is 3.18. The number of aryl methyl sites for hydroxylation is 1. The number of carboxylic acids is 2. The Morgan fingerprint density at radius 3 is 2.27 bits per heavy atom. The summed E-state index contributed by atoms with van der Waals surface area (Å²) in [6.45, 7) is 2.03. The van der Waals surface area contributed by atoms with Crippen LogP contribution < -0.4 is 4.74 Å². The van der Waals surface area contributed by atoms with Crippen molar-refractivity contribution in [1.29, 1.82) is 0 Å². The summed E-state index contributed by atoms with van der Waals surface area (Å²) in [6.07, 6.45) is 1.71. The van der Waals surface area contributed by atoms with Crippen molar-refractivity contribution in [1.82, 2.24) is 0 Å². The van der Waals surface area contributed by atoms with E-state index in [0.717, 1.165) is 18.4 Å². The fourth-order valence-electron chi connectivity index (χ4n) is 2.21. The third kappa shape index (κ3) is 3.25. The van der Waals surface area contributed by atoms with E-state index in [0.29, 0.717) is 5.75 Å². The van der Waals surface area contributed by atoms with Crippen molar-refractivity contribution in [3.8, 4) is 11.5 Å². The summed E-state index contributed by atoms with van der Waals surface area (Å²) >= 11 is 0. The lowest BCUT2D eigenvalue weighted by Crippen LogP contribution is -2.09. The van der Waals surface area contributed by atoms with Crippen LogP contribution in [0.25, 0.3) is 0 Å². The Bertz CT molecular complexity index is 706. The van der Waals surface area contributed by atoms with Crippen LogP contribution in [0.15, 0.2) is 42.5 Å². The Balaban J connectivity index is 2.48. The van der Waals surface area contributed by atoms with Crippen LogP contribution >= 0.6 is 0 Å². The van der Waals surface area contributed by atoms with Crippen molar-refractivity contribution in [2.24, 2.45) is 0 Å². The number of ether oxygens (including phenoxy) is 1. The smallest absolute Gasteiger partial charge is 0.340 e. The predicted octanol–water partition coefficient (Wildman–Crippen LogP) is 3.83. The quantitative estimate of drug-likeness (QED) is 0.847. The average Bonchev–Trinajstić information content (AvgIpc) is 2.49. The fraction of sp³-hybridized carbons (Fsp3) is 0.176. The summed E-state index contributed by atoms with van der Waals surface area (Å²) in [6, 6.07) is 11.5. The molecule has 0 bridgehead atoms. The standard InChI is InChI=1S/C17H16O5/c1-2-6-11-7-3-4-9-13(11)22-14-10-5-8-12(16(18)19)15(14)17(20)21/h3-5,7-10H,2,6H2,1H3,(H,18,19)(H,20,21). The van der Waals surface area contributed by atoms with Gasteiger partial charge in [-0.25, -0.2) is 9.59 Å². The Labute approximate surface area is 127 Å². The van der Waals surface area contributed by atoms with Gasteiger partial charge in [-0.3, -0.25) is 0 Å². The Kier molecular flexibility index (Phi) is 4.78. The molecule has 0 aliphatic rings. The molecular weight excluding hydrogens is 284 g/mol. The number of carboxylic acid groups (broad SMARTS) is 2. The first-order valence-electron chi connectivity index (χ1n) is 6.90. The van der Waals surface area contributed by atoms with Crippen molar-refractivity contribution >= 4 is 11.9 Å². The molecule has 5 nitrogen and oxygen atoms in total. The van der Waals surface area contributed by atoms with E-state index in [2.05, 4.69) is 0 Å². The number of para-hydroxylation sites is 1. The van der Waals surface area contributed by atoms with E-state index in [9.17, 15) is 14.7 Å². The number of hydrogen-bond donors (Lipinski definition) is 2. The molecule has 5 heteroatoms. The lowest BCUT2D eigenvalue weighted by atomic mass is 10.1. The number of hydrogen-bond acceptors (Lipinski definition) is 3. The molecule has 114 valence electrons. The normalized spacial score (nSPS) is 10.2. The first-order valence-corrected chi connectivity index (χ1v) is 6.90. The molecule has 2 aromatic carbocycles. The van der Waals surface area contributed by atoms with Crippen LogP contribution in [0.3, 0.4) is 0 Å². The Morgan fingerprint density at radius 1 is 0.955 bits per heavy atom. The zero-order chi connectivity index (χ0) is 16.1. The monoisotopic (exact) mass is 300 g/mol. The molecule has 0 aliphatic heterocycles. The van der Waals surface area contributed by atoms with Gasteiger partial charge in [0.15, 0.2) is 0 Å². The van der Waals surface area contributed by atoms with E-state index in [1.165, 1.54) is 18.2 Å². The van der Waals surface area contributed by atoms with E-state index in [4.69, 9.17) is 9.84 Å². The van der Waals surface area contributed by atoms with Gasteiger partial charge in [-0.15, -0.1) is 0 Å². The summed E-state index contributed by atoms with van der Waals surface area (Å²) in [5.41, 5.74) is 0.307. The highest BCUT2D eigenvalue weighted by Gasteiger charge is 2.21. The second-order valence-corrected chi connectivity index (χ2v) is 4.75. The topological polar surface area (TPSA) is 83.8 Å². The maximum absolute atomic E-state index is 11.4. The lowest BCUT2D eigenvalue weighted by molar-refractivity contribution is 0.0649. The van der Waals surface area contributed by atoms with E-state index < -0.39 is 11.9 Å². The maximum atomic E-state index is 11.4. The Morgan fingerprint density at radius 2 is 1.64 bits per heavy atom. The van der Waals surface area contributed by atoms with Crippen LogP contribution in [-0.2, 0) is 6.42 Å². The van der Waals surface area contributed by atoms with Gasteiger partial charge in [0.2, 0.25) is 0 Å². The summed E-state index contributed by atoms with van der Waals surface area (Å²) in [7, 11) is 0. The van der Waals surface area contributed by atoms with Gasteiger partial charge in [-0.1, -0.05) is 37.6 Å². The van der Waals surface area contributed by atoms with E-state index in [-0.39, 0.29) is 16.9 Å². The van der Waals surface area contributed by atoms with E-state index in [1.807, 2.05) is 19.1 Å². The molecule has 0 heterocycles. The SMILES string of the molecule is CCCc1ccccc1Oc1cccc(C(=O)O)c1C(=O)O. The molecular formula is C17H16O5. The predicted molar refractivity (Wildman–Crippen MR) is 80.9 cm³/mol. The van der Waals surface area contributed by atoms with E-state index >= 15 is 0 Å². The fourth-order valence-corrected chi connectivity index (χ4v) is 2.21. The zero-order valence-corrected chi connectivity index (χ0v) is 12.1. The van der Waals surface area contributed by atoms with Gasteiger partial charge in [-0.05, 0) is 30.2 Å². The average molecular weight is 300 g/mol. The largest absolute Gasteiger partial charge is 0.478 e. The van der Waals surface area contributed by atoms with Gasteiger partial charge >= 0.3 is 11.9 Å². The first kappa shape index (κ1) is 15.6. The van der Waals surface area contributed by atoms with Crippen LogP contribution in [0.4, 0.5) is 0 Å². The molecule has 0 aromatic heterocycles. The van der Waals surface area contributed by atoms with Crippen LogP contribution in [-0.4, -0.2) is 22.2 Å². The van der Waals surface area contributed by atoms with Gasteiger partial charge in [0.25, 0.3) is 0 Å². The maximum Gasteiger partial charge on any atom is 0.340 e. The van der Waals surface area contributed by atoms with Crippen molar-refractivity contribution < 1.29 is 24.5 Å². The van der Waals surface area contributed by atoms with Gasteiger partial charge in [0, 0.05) is 0 Å². The van der Waals surface area contributed by atoms with Crippen molar-refractivity contribution in [2.75, 3.05) is 0 Å².